The first kappa shape index (κ1) is 36.1. The molecule has 0 aliphatic rings. The molecule has 10 aromatic carbocycles. The van der Waals surface area contributed by atoms with E-state index in [4.69, 9.17) is 9.97 Å². The van der Waals surface area contributed by atoms with Crippen LogP contribution in [0.3, 0.4) is 0 Å². The smallest absolute Gasteiger partial charge is 0.161 e. The number of hydrogen-bond donors (Lipinski definition) is 0. The quantitative estimate of drug-likeness (QED) is 0.173. The molecule has 4 heterocycles. The number of aromatic nitrogens is 4. The van der Waals surface area contributed by atoms with Gasteiger partial charge in [0.05, 0.1) is 38.0 Å². The molecule has 5 heteroatoms. The summed E-state index contributed by atoms with van der Waals surface area (Å²) in [4.78, 5) is 11.3. The Morgan fingerprint density at radius 3 is 1.86 bits per heavy atom. The van der Waals surface area contributed by atoms with Gasteiger partial charge in [0.2, 0.25) is 0 Å². The van der Waals surface area contributed by atoms with Crippen molar-refractivity contribution >= 4 is 96.8 Å². The van der Waals surface area contributed by atoms with E-state index in [2.05, 4.69) is 228 Å². The van der Waals surface area contributed by atoms with Crippen LogP contribution in [0.5, 0.6) is 0 Å². The highest BCUT2D eigenvalue weighted by atomic mass is 32.1. The van der Waals surface area contributed by atoms with E-state index >= 15 is 0 Å². The summed E-state index contributed by atoms with van der Waals surface area (Å²) in [6, 6.07) is 79.0. The summed E-state index contributed by atoms with van der Waals surface area (Å²) < 4.78 is 7.07. The first-order valence-electron chi connectivity index (χ1n) is 22.1. The standard InChI is InChI=1S/C60H36N4S/c1-3-15-37(16-4-1)41-30-32-55-50(34-41)58-59(65-55)57(47-25-14-28-53-56(47)46-23-10-12-27-52(46)63(53)42-20-5-2-6-21-42)61-60(62-58)45-24-13-19-38-29-31-43(36-48(38)45)64-51-26-11-9-22-44(51)49-33-39-17-7-8-18-40(39)35-54(49)64/h1-36H. The predicted molar refractivity (Wildman–Crippen MR) is 275 cm³/mol. The summed E-state index contributed by atoms with van der Waals surface area (Å²) in [7, 11) is 0. The van der Waals surface area contributed by atoms with Crippen LogP contribution in [0.4, 0.5) is 0 Å². The van der Waals surface area contributed by atoms with Crippen LogP contribution in [-0.2, 0) is 0 Å². The molecule has 0 aliphatic heterocycles. The van der Waals surface area contributed by atoms with Crippen LogP contribution in [0.1, 0.15) is 0 Å². The van der Waals surface area contributed by atoms with Gasteiger partial charge in [0.15, 0.2) is 5.82 Å². The molecule has 14 rings (SSSR count). The number of hydrogen-bond acceptors (Lipinski definition) is 3. The average Bonchev–Trinajstić information content (AvgIpc) is 4.03. The van der Waals surface area contributed by atoms with Gasteiger partial charge in [0.1, 0.15) is 0 Å². The van der Waals surface area contributed by atoms with Crippen LogP contribution in [0.15, 0.2) is 218 Å². The largest absolute Gasteiger partial charge is 0.309 e. The average molecular weight is 845 g/mol. The molecule has 0 atom stereocenters. The molecular weight excluding hydrogens is 809 g/mol. The van der Waals surface area contributed by atoms with Crippen molar-refractivity contribution in [3.8, 4) is 45.1 Å². The molecule has 0 amide bonds. The first-order chi connectivity index (χ1) is 32.2. The molecule has 4 aromatic heterocycles. The van der Waals surface area contributed by atoms with Crippen LogP contribution < -0.4 is 0 Å². The van der Waals surface area contributed by atoms with E-state index in [0.29, 0.717) is 5.82 Å². The minimum atomic E-state index is 0.706. The third-order valence-corrected chi connectivity index (χ3v) is 14.5. The van der Waals surface area contributed by atoms with Crippen LogP contribution >= 0.6 is 11.3 Å². The van der Waals surface area contributed by atoms with Gasteiger partial charge in [-0.1, -0.05) is 152 Å². The lowest BCUT2D eigenvalue weighted by Gasteiger charge is -2.13. The predicted octanol–water partition coefficient (Wildman–Crippen LogP) is 16.3. The lowest BCUT2D eigenvalue weighted by molar-refractivity contribution is 1.18. The third kappa shape index (κ3) is 5.49. The molecule has 302 valence electrons. The second-order valence-corrected chi connectivity index (χ2v) is 18.0. The Labute approximate surface area is 377 Å². The molecule has 0 fully saturated rings. The Morgan fingerprint density at radius 2 is 1.02 bits per heavy atom. The number of para-hydroxylation sites is 3. The van der Waals surface area contributed by atoms with E-state index in [0.717, 1.165) is 65.6 Å². The van der Waals surface area contributed by atoms with Gasteiger partial charge in [-0.25, -0.2) is 9.97 Å². The highest BCUT2D eigenvalue weighted by molar-refractivity contribution is 7.26. The topological polar surface area (TPSA) is 35.6 Å². The normalized spacial score (nSPS) is 12.0. The van der Waals surface area contributed by atoms with Crippen molar-refractivity contribution in [2.45, 2.75) is 0 Å². The van der Waals surface area contributed by atoms with Gasteiger partial charge < -0.3 is 9.13 Å². The zero-order chi connectivity index (χ0) is 42.6. The summed E-state index contributed by atoms with van der Waals surface area (Å²) in [6.07, 6.45) is 0. The molecule has 65 heavy (non-hydrogen) atoms. The fourth-order valence-electron chi connectivity index (χ4n) is 10.4. The zero-order valence-corrected chi connectivity index (χ0v) is 35.8. The molecule has 0 radical (unpaired) electrons. The van der Waals surface area contributed by atoms with Crippen molar-refractivity contribution in [2.75, 3.05) is 0 Å². The van der Waals surface area contributed by atoms with E-state index < -0.39 is 0 Å². The van der Waals surface area contributed by atoms with Crippen molar-refractivity contribution in [3.05, 3.63) is 218 Å². The minimum Gasteiger partial charge on any atom is -0.309 e. The maximum absolute atomic E-state index is 5.72. The molecule has 14 aromatic rings. The van der Waals surface area contributed by atoms with Crippen LogP contribution in [0, 0.1) is 0 Å². The summed E-state index contributed by atoms with van der Waals surface area (Å²) in [5.74, 6) is 0.706. The molecule has 4 nitrogen and oxygen atoms in total. The molecule has 0 bridgehead atoms. The lowest BCUT2D eigenvalue weighted by Crippen LogP contribution is -1.97. The Hall–Kier alpha value is -8.38. The fraction of sp³-hybridized carbons (Fsp3) is 0. The fourth-order valence-corrected chi connectivity index (χ4v) is 11.5. The van der Waals surface area contributed by atoms with Gasteiger partial charge in [-0.3, -0.25) is 0 Å². The van der Waals surface area contributed by atoms with Gasteiger partial charge >= 0.3 is 0 Å². The van der Waals surface area contributed by atoms with Gasteiger partial charge in [0.25, 0.3) is 0 Å². The maximum atomic E-state index is 5.72. The van der Waals surface area contributed by atoms with Crippen molar-refractivity contribution in [3.63, 3.8) is 0 Å². The highest BCUT2D eigenvalue weighted by Crippen LogP contribution is 2.46. The zero-order valence-electron chi connectivity index (χ0n) is 35.0. The summed E-state index contributed by atoms with van der Waals surface area (Å²) in [6.45, 7) is 0. The van der Waals surface area contributed by atoms with Gasteiger partial charge in [0, 0.05) is 54.1 Å². The van der Waals surface area contributed by atoms with E-state index in [1.807, 2.05) is 0 Å². The molecule has 0 unspecified atom stereocenters. The Kier molecular flexibility index (Phi) is 7.82. The Balaban J connectivity index is 1.06. The Bertz CT molecular complexity index is 4240. The highest BCUT2D eigenvalue weighted by Gasteiger charge is 2.23. The van der Waals surface area contributed by atoms with Gasteiger partial charge in [-0.05, 0) is 99.4 Å². The number of fused-ring (bicyclic) bond motifs is 11. The van der Waals surface area contributed by atoms with Crippen molar-refractivity contribution in [2.24, 2.45) is 0 Å². The molecule has 0 aliphatic carbocycles. The summed E-state index contributed by atoms with van der Waals surface area (Å²) in [5, 5.41) is 10.7. The van der Waals surface area contributed by atoms with Crippen LogP contribution in [-0.4, -0.2) is 19.1 Å². The van der Waals surface area contributed by atoms with Crippen molar-refractivity contribution in [1.82, 2.24) is 19.1 Å². The summed E-state index contributed by atoms with van der Waals surface area (Å²) in [5.41, 5.74) is 13.2. The number of thiophene rings is 1. The SMILES string of the molecule is c1ccc(-c2ccc3sc4c(-c5cccc6c5c5ccccc5n6-c5ccccc5)nc(-c5cccc6ccc(-n7c8ccccc8c8cc9ccccc9cc87)cc56)nc4c3c2)cc1. The molecule has 0 N–H and O–H groups in total. The van der Waals surface area contributed by atoms with Crippen molar-refractivity contribution in [1.29, 1.82) is 0 Å². The van der Waals surface area contributed by atoms with E-state index in [1.165, 1.54) is 59.2 Å². The maximum Gasteiger partial charge on any atom is 0.161 e. The van der Waals surface area contributed by atoms with E-state index in [1.54, 1.807) is 11.3 Å². The van der Waals surface area contributed by atoms with Crippen LogP contribution in [0.2, 0.25) is 0 Å². The van der Waals surface area contributed by atoms with Gasteiger partial charge in [-0.15, -0.1) is 11.3 Å². The number of benzene rings is 10. The minimum absolute atomic E-state index is 0.706. The first-order valence-corrected chi connectivity index (χ1v) is 22.9. The third-order valence-electron chi connectivity index (χ3n) is 13.3. The number of rotatable bonds is 5. The van der Waals surface area contributed by atoms with E-state index in [-0.39, 0.29) is 0 Å². The van der Waals surface area contributed by atoms with Crippen molar-refractivity contribution < 1.29 is 0 Å². The summed E-state index contributed by atoms with van der Waals surface area (Å²) >= 11 is 1.78. The molecular formula is C60H36N4S. The second kappa shape index (κ2) is 14.1. The second-order valence-electron chi connectivity index (χ2n) is 16.9. The van der Waals surface area contributed by atoms with E-state index in [9.17, 15) is 0 Å². The monoisotopic (exact) mass is 844 g/mol. The molecule has 0 saturated carbocycles. The Morgan fingerprint density at radius 1 is 0.354 bits per heavy atom. The molecule has 0 saturated heterocycles. The lowest BCUT2D eigenvalue weighted by atomic mass is 10.0. The molecule has 0 spiro atoms. The van der Waals surface area contributed by atoms with Gasteiger partial charge in [-0.2, -0.15) is 0 Å². The van der Waals surface area contributed by atoms with Crippen LogP contribution in [0.25, 0.3) is 131 Å². The number of nitrogens with zero attached hydrogens (tertiary/aromatic N) is 4.